The van der Waals surface area contributed by atoms with Crippen molar-refractivity contribution in [1.29, 1.82) is 0 Å². The molecule has 0 unspecified atom stereocenters. The number of piperazine rings is 1. The Kier molecular flexibility index (Phi) is 8.23. The van der Waals surface area contributed by atoms with Crippen LogP contribution in [0.5, 0.6) is 0 Å². The van der Waals surface area contributed by atoms with Crippen LogP contribution < -0.4 is 5.32 Å². The minimum atomic E-state index is -3.55. The molecular formula is C23H36N4O5S. The highest BCUT2D eigenvalue weighted by Crippen LogP contribution is 2.22. The highest BCUT2D eigenvalue weighted by molar-refractivity contribution is 7.89. The van der Waals surface area contributed by atoms with Crippen LogP contribution in [-0.2, 0) is 19.6 Å². The molecule has 2 heterocycles. The van der Waals surface area contributed by atoms with E-state index in [0.29, 0.717) is 45.0 Å². The number of sulfonamides is 1. The van der Waals surface area contributed by atoms with Crippen molar-refractivity contribution in [2.24, 2.45) is 0 Å². The van der Waals surface area contributed by atoms with Crippen molar-refractivity contribution in [1.82, 2.24) is 14.1 Å². The van der Waals surface area contributed by atoms with Crippen LogP contribution in [0, 0.1) is 0 Å². The van der Waals surface area contributed by atoms with Gasteiger partial charge in [0.05, 0.1) is 11.4 Å². The number of benzene rings is 1. The number of hydrogen-bond acceptors (Lipinski definition) is 6. The largest absolute Gasteiger partial charge is 0.444 e. The molecule has 2 saturated heterocycles. The zero-order valence-corrected chi connectivity index (χ0v) is 20.7. The molecule has 0 aromatic heterocycles. The van der Waals surface area contributed by atoms with Crippen LogP contribution in [0.1, 0.15) is 46.5 Å². The second kappa shape index (κ2) is 10.7. The average Bonchev–Trinajstić information content (AvgIpc) is 3.07. The summed E-state index contributed by atoms with van der Waals surface area (Å²) in [7, 11) is -3.55. The van der Waals surface area contributed by atoms with Crippen molar-refractivity contribution in [3.05, 3.63) is 24.3 Å². The molecule has 0 saturated carbocycles. The lowest BCUT2D eigenvalue weighted by Crippen LogP contribution is -2.52. The van der Waals surface area contributed by atoms with Gasteiger partial charge >= 0.3 is 6.09 Å². The highest BCUT2D eigenvalue weighted by atomic mass is 32.2. The molecule has 1 aromatic rings. The first-order chi connectivity index (χ1) is 15.6. The van der Waals surface area contributed by atoms with E-state index in [9.17, 15) is 18.0 Å². The molecular weight excluding hydrogens is 444 g/mol. The van der Waals surface area contributed by atoms with Crippen LogP contribution in [0.3, 0.4) is 0 Å². The van der Waals surface area contributed by atoms with Crippen molar-refractivity contribution in [2.45, 2.75) is 57.0 Å². The number of nitrogens with one attached hydrogen (secondary N) is 1. The van der Waals surface area contributed by atoms with E-state index in [1.807, 2.05) is 20.8 Å². The predicted octanol–water partition coefficient (Wildman–Crippen LogP) is 2.74. The van der Waals surface area contributed by atoms with Crippen molar-refractivity contribution in [3.63, 3.8) is 0 Å². The maximum absolute atomic E-state index is 13.0. The number of ether oxygens (including phenoxy) is 1. The van der Waals surface area contributed by atoms with Crippen LogP contribution in [0.4, 0.5) is 10.5 Å². The van der Waals surface area contributed by atoms with Crippen molar-refractivity contribution < 1.29 is 22.7 Å². The predicted molar refractivity (Wildman–Crippen MR) is 127 cm³/mol. The van der Waals surface area contributed by atoms with E-state index < -0.39 is 15.6 Å². The molecule has 1 N–H and O–H groups in total. The maximum atomic E-state index is 13.0. The van der Waals surface area contributed by atoms with Gasteiger partial charge < -0.3 is 19.9 Å². The van der Waals surface area contributed by atoms with Crippen LogP contribution in [0.25, 0.3) is 0 Å². The van der Waals surface area contributed by atoms with E-state index in [4.69, 9.17) is 4.74 Å². The average molecular weight is 481 g/mol. The Hall–Kier alpha value is -2.33. The van der Waals surface area contributed by atoms with Crippen LogP contribution >= 0.6 is 0 Å². The molecule has 10 heteroatoms. The Bertz CT molecular complexity index is 928. The van der Waals surface area contributed by atoms with E-state index in [-0.39, 0.29) is 23.4 Å². The quantitative estimate of drug-likeness (QED) is 0.696. The Balaban J connectivity index is 1.52. The summed E-state index contributed by atoms with van der Waals surface area (Å²) < 4.78 is 33.0. The third-order valence-electron chi connectivity index (χ3n) is 5.76. The lowest BCUT2D eigenvalue weighted by Gasteiger charge is -2.35. The van der Waals surface area contributed by atoms with Gasteiger partial charge in [0.1, 0.15) is 5.60 Å². The fraction of sp³-hybridized carbons (Fsp3) is 0.652. The lowest BCUT2D eigenvalue weighted by molar-refractivity contribution is -0.131. The monoisotopic (exact) mass is 480 g/mol. The summed E-state index contributed by atoms with van der Waals surface area (Å²) in [6, 6.07) is 6.64. The number of nitrogens with zero attached hydrogens (tertiary/aromatic N) is 3. The molecule has 2 fully saturated rings. The molecule has 1 aromatic carbocycles. The summed E-state index contributed by atoms with van der Waals surface area (Å²) in [6.45, 7) is 8.33. The molecule has 0 atom stereocenters. The molecule has 33 heavy (non-hydrogen) atoms. The first-order valence-corrected chi connectivity index (χ1v) is 13.1. The molecule has 2 aliphatic rings. The van der Waals surface area contributed by atoms with Crippen molar-refractivity contribution in [3.8, 4) is 0 Å². The van der Waals surface area contributed by atoms with Gasteiger partial charge in [-0.05, 0) is 51.8 Å². The minimum absolute atomic E-state index is 0.0552. The molecule has 0 radical (unpaired) electrons. The van der Waals surface area contributed by atoms with Gasteiger partial charge in [0.2, 0.25) is 15.9 Å². The number of rotatable bonds is 5. The Labute approximate surface area is 197 Å². The zero-order chi connectivity index (χ0) is 24.1. The van der Waals surface area contributed by atoms with E-state index >= 15 is 0 Å². The highest BCUT2D eigenvalue weighted by Gasteiger charge is 2.28. The van der Waals surface area contributed by atoms with E-state index in [1.165, 1.54) is 0 Å². The zero-order valence-electron chi connectivity index (χ0n) is 19.9. The van der Waals surface area contributed by atoms with Gasteiger partial charge in [-0.2, -0.15) is 4.31 Å². The SMILES string of the molecule is CC(C)(C)OC(=O)N1CCN(C(=O)CNc2cccc(S(=O)(=O)N3CCCCCC3)c2)CC1. The van der Waals surface area contributed by atoms with Gasteiger partial charge in [-0.1, -0.05) is 18.9 Å². The van der Waals surface area contributed by atoms with Crippen LogP contribution in [0.15, 0.2) is 29.2 Å². The van der Waals surface area contributed by atoms with E-state index in [0.717, 1.165) is 25.7 Å². The van der Waals surface area contributed by atoms with Crippen molar-refractivity contribution >= 4 is 27.7 Å². The smallest absolute Gasteiger partial charge is 0.410 e. The minimum Gasteiger partial charge on any atom is -0.444 e. The summed E-state index contributed by atoms with van der Waals surface area (Å²) in [6.07, 6.45) is 3.51. The molecule has 2 aliphatic heterocycles. The van der Waals surface area contributed by atoms with Crippen LogP contribution in [0.2, 0.25) is 0 Å². The Morgan fingerprint density at radius 1 is 0.939 bits per heavy atom. The van der Waals surface area contributed by atoms with Gasteiger partial charge in [0.15, 0.2) is 0 Å². The third kappa shape index (κ3) is 7.07. The number of carbonyl (C=O) groups excluding carboxylic acids is 2. The molecule has 0 aliphatic carbocycles. The second-order valence-corrected chi connectivity index (χ2v) is 11.5. The summed E-state index contributed by atoms with van der Waals surface area (Å²) >= 11 is 0. The van der Waals surface area contributed by atoms with Gasteiger partial charge in [0, 0.05) is 45.0 Å². The van der Waals surface area contributed by atoms with Crippen molar-refractivity contribution in [2.75, 3.05) is 51.1 Å². The molecule has 9 nitrogen and oxygen atoms in total. The molecule has 2 amide bonds. The van der Waals surface area contributed by atoms with E-state index in [2.05, 4.69) is 5.32 Å². The summed E-state index contributed by atoms with van der Waals surface area (Å²) in [5.41, 5.74) is 0.0371. The summed E-state index contributed by atoms with van der Waals surface area (Å²) in [4.78, 5) is 28.4. The van der Waals surface area contributed by atoms with Gasteiger partial charge in [0.25, 0.3) is 0 Å². The maximum Gasteiger partial charge on any atom is 0.410 e. The third-order valence-corrected chi connectivity index (χ3v) is 7.66. The first-order valence-electron chi connectivity index (χ1n) is 11.7. The molecule has 0 bridgehead atoms. The molecule has 184 valence electrons. The molecule has 0 spiro atoms. The number of carbonyl (C=O) groups is 2. The summed E-state index contributed by atoms with van der Waals surface area (Å²) in [5, 5.41) is 3.06. The lowest BCUT2D eigenvalue weighted by atomic mass is 10.2. The first kappa shape index (κ1) is 25.3. The standard InChI is InChI=1S/C23H36N4O5S/c1-23(2,3)32-22(29)26-15-13-25(14-16-26)21(28)18-24-19-9-8-10-20(17-19)33(30,31)27-11-6-4-5-7-12-27/h8-10,17,24H,4-7,11-16,18H2,1-3H3. The Morgan fingerprint density at radius 2 is 1.55 bits per heavy atom. The van der Waals surface area contributed by atoms with Crippen LogP contribution in [-0.4, -0.2) is 85.9 Å². The fourth-order valence-corrected chi connectivity index (χ4v) is 5.52. The molecule has 3 rings (SSSR count). The number of amides is 2. The van der Waals surface area contributed by atoms with Gasteiger partial charge in [-0.15, -0.1) is 0 Å². The number of anilines is 1. The topological polar surface area (TPSA) is 99.3 Å². The fourth-order valence-electron chi connectivity index (χ4n) is 3.95. The van der Waals surface area contributed by atoms with Gasteiger partial charge in [-0.25, -0.2) is 13.2 Å². The number of hydrogen-bond donors (Lipinski definition) is 1. The van der Waals surface area contributed by atoms with Gasteiger partial charge in [-0.3, -0.25) is 4.79 Å². The normalized spacial score (nSPS) is 18.5. The second-order valence-electron chi connectivity index (χ2n) is 9.55. The Morgan fingerprint density at radius 3 is 2.15 bits per heavy atom. The summed E-state index contributed by atoms with van der Waals surface area (Å²) in [5.74, 6) is -0.0976. The van der Waals surface area contributed by atoms with E-state index in [1.54, 1.807) is 38.4 Å².